The standard InChI is InChI=1S/C8H17N.FH/c1-3-4-8-5-6-9(2)7-8;/h8H,3-7H2,1-2H3;1H. The zero-order valence-electron chi connectivity index (χ0n) is 6.99. The molecule has 2 atom stereocenters. The van der Waals surface area contributed by atoms with E-state index < -0.39 is 0 Å². The van der Waals surface area contributed by atoms with E-state index in [2.05, 4.69) is 14.0 Å². The molecule has 1 N–H and O–H groups in total. The Balaban J connectivity index is 0.000000810. The second kappa shape index (κ2) is 4.67. The predicted octanol–water partition coefficient (Wildman–Crippen LogP) is -2.67. The summed E-state index contributed by atoms with van der Waals surface area (Å²) in [4.78, 5) is 1.73. The van der Waals surface area contributed by atoms with Crippen LogP contribution in [0.3, 0.4) is 0 Å². The molecule has 0 amide bonds. The quantitative estimate of drug-likeness (QED) is 0.434. The van der Waals surface area contributed by atoms with Crippen molar-refractivity contribution in [2.24, 2.45) is 5.92 Å². The summed E-state index contributed by atoms with van der Waals surface area (Å²) < 4.78 is 0. The second-order valence-electron chi connectivity index (χ2n) is 3.35. The van der Waals surface area contributed by atoms with Gasteiger partial charge in [0.25, 0.3) is 0 Å². The molecule has 0 aromatic rings. The third-order valence-electron chi connectivity index (χ3n) is 2.31. The maximum absolute atomic E-state index is 2.30. The van der Waals surface area contributed by atoms with Gasteiger partial charge in [-0.05, 0) is 6.42 Å². The number of nitrogens with one attached hydrogen (secondary N) is 1. The van der Waals surface area contributed by atoms with E-state index in [1.54, 1.807) is 4.90 Å². The normalized spacial score (nSPS) is 31.8. The third kappa shape index (κ3) is 2.65. The van der Waals surface area contributed by atoms with E-state index in [0.29, 0.717) is 0 Å². The molecule has 2 unspecified atom stereocenters. The van der Waals surface area contributed by atoms with Crippen molar-refractivity contribution in [3.63, 3.8) is 0 Å². The number of likely N-dealkylation sites (tertiary alicyclic amines) is 1. The van der Waals surface area contributed by atoms with Gasteiger partial charge in [0, 0.05) is 12.3 Å². The topological polar surface area (TPSA) is 4.44 Å². The Labute approximate surface area is 62.8 Å². The molecule has 1 saturated heterocycles. The maximum atomic E-state index is 2.30. The van der Waals surface area contributed by atoms with Crippen LogP contribution in [-0.4, -0.2) is 20.1 Å². The fraction of sp³-hybridized carbons (Fsp3) is 1.00. The van der Waals surface area contributed by atoms with Crippen molar-refractivity contribution in [3.8, 4) is 0 Å². The number of quaternary nitrogens is 1. The molecule has 1 heterocycles. The molecule has 1 rings (SSSR count). The molecule has 0 spiro atoms. The Morgan fingerprint density at radius 2 is 2.20 bits per heavy atom. The Morgan fingerprint density at radius 3 is 2.60 bits per heavy atom. The Hall–Kier alpha value is -0.110. The molecular weight excluding hydrogens is 129 g/mol. The minimum Gasteiger partial charge on any atom is -1.00 e. The van der Waals surface area contributed by atoms with Crippen LogP contribution in [0.15, 0.2) is 0 Å². The summed E-state index contributed by atoms with van der Waals surface area (Å²) in [5, 5.41) is 0. The van der Waals surface area contributed by atoms with Gasteiger partial charge in [-0.15, -0.1) is 0 Å². The minimum atomic E-state index is 0. The summed E-state index contributed by atoms with van der Waals surface area (Å²) in [5.74, 6) is 1.05. The lowest BCUT2D eigenvalue weighted by molar-refractivity contribution is -0.867. The first-order valence-electron chi connectivity index (χ1n) is 4.14. The summed E-state index contributed by atoms with van der Waals surface area (Å²) in [5.41, 5.74) is 0. The molecule has 1 nitrogen and oxygen atoms in total. The fourth-order valence-corrected chi connectivity index (χ4v) is 1.80. The van der Waals surface area contributed by atoms with Crippen molar-refractivity contribution >= 4 is 0 Å². The first kappa shape index (κ1) is 9.89. The van der Waals surface area contributed by atoms with E-state index in [9.17, 15) is 0 Å². The molecule has 2 heteroatoms. The van der Waals surface area contributed by atoms with Crippen LogP contribution in [0.4, 0.5) is 0 Å². The fourth-order valence-electron chi connectivity index (χ4n) is 1.80. The first-order valence-corrected chi connectivity index (χ1v) is 4.14. The Morgan fingerprint density at radius 1 is 1.50 bits per heavy atom. The van der Waals surface area contributed by atoms with E-state index >= 15 is 0 Å². The summed E-state index contributed by atoms with van der Waals surface area (Å²) in [6.45, 7) is 5.12. The van der Waals surface area contributed by atoms with Gasteiger partial charge in [0.05, 0.1) is 20.1 Å². The smallest absolute Gasteiger partial charge is 0.0799 e. The van der Waals surface area contributed by atoms with E-state index in [-0.39, 0.29) is 4.70 Å². The van der Waals surface area contributed by atoms with Crippen LogP contribution in [0.1, 0.15) is 26.2 Å². The van der Waals surface area contributed by atoms with Crippen LogP contribution in [0.25, 0.3) is 0 Å². The molecule has 1 aliphatic heterocycles. The van der Waals surface area contributed by atoms with Crippen LogP contribution in [0.5, 0.6) is 0 Å². The van der Waals surface area contributed by atoms with Gasteiger partial charge in [-0.2, -0.15) is 0 Å². The highest BCUT2D eigenvalue weighted by Gasteiger charge is 2.21. The van der Waals surface area contributed by atoms with Gasteiger partial charge in [0.15, 0.2) is 0 Å². The number of hydrogen-bond acceptors (Lipinski definition) is 0. The molecule has 0 aromatic carbocycles. The van der Waals surface area contributed by atoms with Gasteiger partial charge in [-0.25, -0.2) is 0 Å². The van der Waals surface area contributed by atoms with Crippen molar-refractivity contribution in [2.45, 2.75) is 26.2 Å². The average Bonchev–Trinajstić information content (AvgIpc) is 2.17. The molecule has 0 aliphatic carbocycles. The lowest BCUT2D eigenvalue weighted by Gasteiger charge is -2.04. The molecular formula is C8H18FN. The lowest BCUT2D eigenvalue weighted by Crippen LogP contribution is -3.07. The van der Waals surface area contributed by atoms with Crippen molar-refractivity contribution in [2.75, 3.05) is 20.1 Å². The Bertz CT molecular complexity index is 83.3. The van der Waals surface area contributed by atoms with Crippen LogP contribution in [0.2, 0.25) is 0 Å². The van der Waals surface area contributed by atoms with E-state index in [1.165, 1.54) is 32.4 Å². The van der Waals surface area contributed by atoms with Gasteiger partial charge in [-0.1, -0.05) is 13.3 Å². The van der Waals surface area contributed by atoms with E-state index in [4.69, 9.17) is 0 Å². The minimum absolute atomic E-state index is 0. The average molecular weight is 147 g/mol. The SMILES string of the molecule is CCCC1CC[NH+](C)C1.[F-]. The highest BCUT2D eigenvalue weighted by Crippen LogP contribution is 2.10. The molecule has 62 valence electrons. The van der Waals surface area contributed by atoms with Gasteiger partial charge in [0.1, 0.15) is 0 Å². The van der Waals surface area contributed by atoms with Crippen molar-refractivity contribution in [3.05, 3.63) is 0 Å². The highest BCUT2D eigenvalue weighted by molar-refractivity contribution is 4.60. The van der Waals surface area contributed by atoms with Crippen molar-refractivity contribution in [1.29, 1.82) is 0 Å². The molecule has 0 radical (unpaired) electrons. The monoisotopic (exact) mass is 147 g/mol. The third-order valence-corrected chi connectivity index (χ3v) is 2.31. The zero-order chi connectivity index (χ0) is 6.69. The molecule has 0 aromatic heterocycles. The van der Waals surface area contributed by atoms with E-state index in [0.717, 1.165) is 5.92 Å². The molecule has 0 bridgehead atoms. The number of rotatable bonds is 2. The van der Waals surface area contributed by atoms with Gasteiger partial charge in [-0.3, -0.25) is 0 Å². The van der Waals surface area contributed by atoms with Crippen LogP contribution in [0, 0.1) is 5.92 Å². The number of hydrogen-bond donors (Lipinski definition) is 1. The summed E-state index contributed by atoms with van der Waals surface area (Å²) in [6.07, 6.45) is 4.30. The molecule has 10 heavy (non-hydrogen) atoms. The van der Waals surface area contributed by atoms with Gasteiger partial charge < -0.3 is 9.60 Å². The van der Waals surface area contributed by atoms with E-state index in [1.807, 2.05) is 0 Å². The zero-order valence-corrected chi connectivity index (χ0v) is 6.99. The largest absolute Gasteiger partial charge is 1.00 e. The number of halogens is 1. The second-order valence-corrected chi connectivity index (χ2v) is 3.35. The van der Waals surface area contributed by atoms with Crippen molar-refractivity contribution < 1.29 is 9.60 Å². The molecule has 1 fully saturated rings. The van der Waals surface area contributed by atoms with Crippen LogP contribution < -0.4 is 9.60 Å². The maximum Gasteiger partial charge on any atom is 0.0799 e. The Kier molecular flexibility index (Phi) is 4.62. The van der Waals surface area contributed by atoms with Crippen LogP contribution in [-0.2, 0) is 0 Å². The summed E-state index contributed by atoms with van der Waals surface area (Å²) in [6, 6.07) is 0. The summed E-state index contributed by atoms with van der Waals surface area (Å²) >= 11 is 0. The van der Waals surface area contributed by atoms with Crippen molar-refractivity contribution in [1.82, 2.24) is 0 Å². The summed E-state index contributed by atoms with van der Waals surface area (Å²) in [7, 11) is 2.30. The van der Waals surface area contributed by atoms with Crippen LogP contribution >= 0.6 is 0 Å². The highest BCUT2D eigenvalue weighted by atomic mass is 19.0. The first-order chi connectivity index (χ1) is 4.33. The predicted molar refractivity (Wildman–Crippen MR) is 39.6 cm³/mol. The molecule has 1 aliphatic rings. The lowest BCUT2D eigenvalue weighted by atomic mass is 10.0. The van der Waals surface area contributed by atoms with Gasteiger partial charge >= 0.3 is 0 Å². The molecule has 0 saturated carbocycles. The van der Waals surface area contributed by atoms with Gasteiger partial charge in [0.2, 0.25) is 0 Å².